The maximum Gasteiger partial charge on any atom is -0.00618 e. The Labute approximate surface area is 76.4 Å². The highest BCUT2D eigenvalue weighted by Gasteiger charge is 2.17. The molecule has 1 aliphatic rings. The van der Waals surface area contributed by atoms with Crippen LogP contribution in [0.4, 0.5) is 0 Å². The zero-order valence-electron chi connectivity index (χ0n) is 8.61. The molecule has 0 nitrogen and oxygen atoms in total. The fourth-order valence-electron chi connectivity index (χ4n) is 1.74. The van der Waals surface area contributed by atoms with Gasteiger partial charge in [0.05, 0.1) is 0 Å². The second-order valence-electron chi connectivity index (χ2n) is 3.67. The Morgan fingerprint density at radius 2 is 2.00 bits per heavy atom. The Kier molecular flexibility index (Phi) is 3.58. The number of hydrogen-bond acceptors (Lipinski definition) is 0. The van der Waals surface area contributed by atoms with Gasteiger partial charge in [-0.15, -0.1) is 0 Å². The molecule has 0 N–H and O–H groups in total. The lowest BCUT2D eigenvalue weighted by Gasteiger charge is -2.25. The standard InChI is InChI=1S/C12H20/c1-4-6-8-12-9-11(7-5-2)10(12)3/h8H,4-7,9H2,1-3H3/b12-8+. The van der Waals surface area contributed by atoms with Crippen molar-refractivity contribution < 1.29 is 0 Å². The van der Waals surface area contributed by atoms with Crippen LogP contribution in [-0.2, 0) is 0 Å². The molecule has 0 radical (unpaired) electrons. The predicted molar refractivity (Wildman–Crippen MR) is 55.2 cm³/mol. The van der Waals surface area contributed by atoms with Crippen LogP contribution >= 0.6 is 0 Å². The molecular weight excluding hydrogens is 144 g/mol. The van der Waals surface area contributed by atoms with Crippen LogP contribution in [0.3, 0.4) is 0 Å². The van der Waals surface area contributed by atoms with E-state index < -0.39 is 0 Å². The van der Waals surface area contributed by atoms with Gasteiger partial charge in [0.1, 0.15) is 0 Å². The molecule has 0 aromatic rings. The molecule has 0 heteroatoms. The molecule has 0 aromatic carbocycles. The van der Waals surface area contributed by atoms with E-state index in [9.17, 15) is 0 Å². The van der Waals surface area contributed by atoms with E-state index in [4.69, 9.17) is 0 Å². The van der Waals surface area contributed by atoms with Crippen LogP contribution in [0, 0.1) is 0 Å². The van der Waals surface area contributed by atoms with Crippen LogP contribution in [-0.4, -0.2) is 0 Å². The summed E-state index contributed by atoms with van der Waals surface area (Å²) >= 11 is 0. The lowest BCUT2D eigenvalue weighted by atomic mass is 9.81. The minimum atomic E-state index is 1.26. The van der Waals surface area contributed by atoms with Crippen LogP contribution < -0.4 is 0 Å². The molecule has 0 heterocycles. The van der Waals surface area contributed by atoms with Gasteiger partial charge in [-0.3, -0.25) is 0 Å². The number of unbranched alkanes of at least 4 members (excludes halogenated alkanes) is 1. The molecule has 0 amide bonds. The fourth-order valence-corrected chi connectivity index (χ4v) is 1.74. The van der Waals surface area contributed by atoms with E-state index in [0.717, 1.165) is 0 Å². The second kappa shape index (κ2) is 4.49. The largest absolute Gasteiger partial charge is 0.0807 e. The third-order valence-electron chi connectivity index (χ3n) is 2.65. The van der Waals surface area contributed by atoms with Gasteiger partial charge in [-0.05, 0) is 37.3 Å². The van der Waals surface area contributed by atoms with E-state index in [1.165, 1.54) is 32.1 Å². The molecule has 0 atom stereocenters. The summed E-state index contributed by atoms with van der Waals surface area (Å²) in [7, 11) is 0. The molecule has 1 rings (SSSR count). The summed E-state index contributed by atoms with van der Waals surface area (Å²) < 4.78 is 0. The van der Waals surface area contributed by atoms with Gasteiger partial charge in [0.15, 0.2) is 0 Å². The molecule has 0 fully saturated rings. The Morgan fingerprint density at radius 1 is 1.25 bits per heavy atom. The fraction of sp³-hybridized carbons (Fsp3) is 0.667. The lowest BCUT2D eigenvalue weighted by Crippen LogP contribution is -2.05. The normalized spacial score (nSPS) is 20.1. The van der Waals surface area contributed by atoms with Gasteiger partial charge in [-0.25, -0.2) is 0 Å². The van der Waals surface area contributed by atoms with Gasteiger partial charge in [-0.2, -0.15) is 0 Å². The summed E-state index contributed by atoms with van der Waals surface area (Å²) in [5.41, 5.74) is 4.89. The Morgan fingerprint density at radius 3 is 2.50 bits per heavy atom. The van der Waals surface area contributed by atoms with Gasteiger partial charge in [0.2, 0.25) is 0 Å². The molecule has 0 bridgehead atoms. The lowest BCUT2D eigenvalue weighted by molar-refractivity contribution is 0.802. The van der Waals surface area contributed by atoms with Crippen molar-refractivity contribution in [3.8, 4) is 0 Å². The average molecular weight is 164 g/mol. The van der Waals surface area contributed by atoms with Crippen LogP contribution in [0.15, 0.2) is 22.8 Å². The minimum absolute atomic E-state index is 1.26. The van der Waals surface area contributed by atoms with Crippen LogP contribution in [0.25, 0.3) is 0 Å². The number of hydrogen-bond donors (Lipinski definition) is 0. The molecule has 68 valence electrons. The average Bonchev–Trinajstić information content (AvgIpc) is 2.09. The summed E-state index contributed by atoms with van der Waals surface area (Å²) in [5.74, 6) is 0. The molecule has 0 saturated carbocycles. The summed E-state index contributed by atoms with van der Waals surface area (Å²) in [6.45, 7) is 6.77. The van der Waals surface area contributed by atoms with Crippen molar-refractivity contribution in [1.82, 2.24) is 0 Å². The van der Waals surface area contributed by atoms with Gasteiger partial charge in [0.25, 0.3) is 0 Å². The topological polar surface area (TPSA) is 0 Å². The van der Waals surface area contributed by atoms with Crippen molar-refractivity contribution in [2.45, 2.75) is 52.9 Å². The predicted octanol–water partition coefficient (Wildman–Crippen LogP) is 4.23. The van der Waals surface area contributed by atoms with E-state index in [1.54, 1.807) is 16.7 Å². The zero-order chi connectivity index (χ0) is 8.97. The van der Waals surface area contributed by atoms with Crippen molar-refractivity contribution >= 4 is 0 Å². The molecular formula is C12H20. The quantitative estimate of drug-likeness (QED) is 0.583. The second-order valence-corrected chi connectivity index (χ2v) is 3.67. The van der Waals surface area contributed by atoms with Crippen molar-refractivity contribution in [3.05, 3.63) is 22.8 Å². The molecule has 0 aromatic heterocycles. The monoisotopic (exact) mass is 164 g/mol. The smallest absolute Gasteiger partial charge is 0.00618 e. The summed E-state index contributed by atoms with van der Waals surface area (Å²) in [6, 6.07) is 0. The highest BCUT2D eigenvalue weighted by Crippen LogP contribution is 2.36. The van der Waals surface area contributed by atoms with Gasteiger partial charge >= 0.3 is 0 Å². The van der Waals surface area contributed by atoms with Crippen molar-refractivity contribution in [2.75, 3.05) is 0 Å². The Balaban J connectivity index is 2.47. The summed E-state index contributed by atoms with van der Waals surface area (Å²) in [5, 5.41) is 0. The zero-order valence-corrected chi connectivity index (χ0v) is 8.61. The first-order chi connectivity index (χ1) is 5.79. The van der Waals surface area contributed by atoms with E-state index in [1.807, 2.05) is 0 Å². The van der Waals surface area contributed by atoms with Crippen LogP contribution in [0.1, 0.15) is 52.9 Å². The van der Waals surface area contributed by atoms with E-state index >= 15 is 0 Å². The van der Waals surface area contributed by atoms with E-state index in [0.29, 0.717) is 0 Å². The van der Waals surface area contributed by atoms with E-state index in [2.05, 4.69) is 26.8 Å². The van der Waals surface area contributed by atoms with E-state index in [-0.39, 0.29) is 0 Å². The van der Waals surface area contributed by atoms with Gasteiger partial charge in [0, 0.05) is 0 Å². The van der Waals surface area contributed by atoms with Gasteiger partial charge in [-0.1, -0.05) is 38.3 Å². The minimum Gasteiger partial charge on any atom is -0.0807 e. The summed E-state index contributed by atoms with van der Waals surface area (Å²) in [6.07, 6.45) is 8.84. The van der Waals surface area contributed by atoms with Crippen molar-refractivity contribution in [2.24, 2.45) is 0 Å². The third kappa shape index (κ3) is 2.00. The maximum atomic E-state index is 2.41. The third-order valence-corrected chi connectivity index (χ3v) is 2.65. The van der Waals surface area contributed by atoms with Crippen molar-refractivity contribution in [1.29, 1.82) is 0 Å². The molecule has 1 aliphatic carbocycles. The Hall–Kier alpha value is -0.520. The first-order valence-corrected chi connectivity index (χ1v) is 5.17. The number of rotatable bonds is 4. The highest BCUT2D eigenvalue weighted by atomic mass is 14.2. The molecule has 0 saturated heterocycles. The highest BCUT2D eigenvalue weighted by molar-refractivity contribution is 5.46. The van der Waals surface area contributed by atoms with Gasteiger partial charge < -0.3 is 0 Å². The summed E-state index contributed by atoms with van der Waals surface area (Å²) in [4.78, 5) is 0. The Bertz CT molecular complexity index is 206. The first-order valence-electron chi connectivity index (χ1n) is 5.17. The van der Waals surface area contributed by atoms with Crippen LogP contribution in [0.2, 0.25) is 0 Å². The first kappa shape index (κ1) is 9.57. The molecule has 0 spiro atoms. The molecule has 0 unspecified atom stereocenters. The molecule has 0 aliphatic heterocycles. The van der Waals surface area contributed by atoms with Crippen LogP contribution in [0.5, 0.6) is 0 Å². The SMILES string of the molecule is CCC/C=C1\CC(CCC)=C1C. The maximum absolute atomic E-state index is 2.41. The molecule has 12 heavy (non-hydrogen) atoms. The number of allylic oxidation sites excluding steroid dienone is 4. The van der Waals surface area contributed by atoms with Crippen molar-refractivity contribution in [3.63, 3.8) is 0 Å².